The highest BCUT2D eigenvalue weighted by atomic mass is 79.9. The molecule has 0 aliphatic rings. The lowest BCUT2D eigenvalue weighted by molar-refractivity contribution is 0.625. The van der Waals surface area contributed by atoms with Crippen LogP contribution in [0.5, 0.6) is 0 Å². The van der Waals surface area contributed by atoms with Gasteiger partial charge in [-0.1, -0.05) is 15.9 Å². The molecule has 0 nitrogen and oxygen atoms in total. The van der Waals surface area contributed by atoms with Crippen LogP contribution in [0, 0.1) is 5.82 Å². The fourth-order valence-corrected chi connectivity index (χ4v) is 2.37. The molecule has 1 rings (SSSR count). The SMILES string of the molecule is Fc1cc(Br)c(Br)c(CBr)c1. The number of benzene rings is 1. The van der Waals surface area contributed by atoms with E-state index in [1.54, 1.807) is 0 Å². The Kier molecular flexibility index (Phi) is 3.52. The first-order valence-corrected chi connectivity index (χ1v) is 5.55. The van der Waals surface area contributed by atoms with Gasteiger partial charge in [-0.05, 0) is 49.6 Å². The number of hydrogen-bond acceptors (Lipinski definition) is 0. The van der Waals surface area contributed by atoms with Gasteiger partial charge in [0, 0.05) is 14.3 Å². The summed E-state index contributed by atoms with van der Waals surface area (Å²) in [5.41, 5.74) is 0.900. The molecule has 0 atom stereocenters. The summed E-state index contributed by atoms with van der Waals surface area (Å²) in [6, 6.07) is 2.92. The van der Waals surface area contributed by atoms with Crippen LogP contribution in [-0.4, -0.2) is 0 Å². The van der Waals surface area contributed by atoms with Crippen LogP contribution in [0.4, 0.5) is 4.39 Å². The van der Waals surface area contributed by atoms with Crippen molar-refractivity contribution in [3.05, 3.63) is 32.5 Å². The molecule has 0 amide bonds. The number of hydrogen-bond donors (Lipinski definition) is 0. The number of halogens is 4. The van der Waals surface area contributed by atoms with Crippen LogP contribution < -0.4 is 0 Å². The van der Waals surface area contributed by atoms with Gasteiger partial charge in [0.15, 0.2) is 0 Å². The van der Waals surface area contributed by atoms with Crippen molar-refractivity contribution in [2.45, 2.75) is 5.33 Å². The molecule has 0 aliphatic heterocycles. The van der Waals surface area contributed by atoms with Gasteiger partial charge < -0.3 is 0 Å². The minimum atomic E-state index is -0.227. The fourth-order valence-electron chi connectivity index (χ4n) is 0.707. The Morgan fingerprint density at radius 2 is 1.91 bits per heavy atom. The molecule has 0 saturated heterocycles. The van der Waals surface area contributed by atoms with Gasteiger partial charge in [0.1, 0.15) is 5.82 Å². The van der Waals surface area contributed by atoms with Crippen molar-refractivity contribution in [1.82, 2.24) is 0 Å². The van der Waals surface area contributed by atoms with Crippen molar-refractivity contribution in [3.63, 3.8) is 0 Å². The van der Waals surface area contributed by atoms with Crippen LogP contribution in [0.1, 0.15) is 5.56 Å². The van der Waals surface area contributed by atoms with Crippen molar-refractivity contribution in [3.8, 4) is 0 Å². The summed E-state index contributed by atoms with van der Waals surface area (Å²) in [5, 5.41) is 0.643. The lowest BCUT2D eigenvalue weighted by atomic mass is 10.2. The molecule has 60 valence electrons. The van der Waals surface area contributed by atoms with E-state index in [4.69, 9.17) is 0 Å². The van der Waals surface area contributed by atoms with E-state index in [-0.39, 0.29) is 5.82 Å². The van der Waals surface area contributed by atoms with Crippen molar-refractivity contribution in [1.29, 1.82) is 0 Å². The van der Waals surface area contributed by atoms with E-state index < -0.39 is 0 Å². The molecule has 1 aromatic rings. The van der Waals surface area contributed by atoms with E-state index in [0.29, 0.717) is 5.33 Å². The first-order chi connectivity index (χ1) is 5.15. The summed E-state index contributed by atoms with van der Waals surface area (Å²) in [4.78, 5) is 0. The van der Waals surface area contributed by atoms with Gasteiger partial charge in [0.25, 0.3) is 0 Å². The lowest BCUT2D eigenvalue weighted by Gasteiger charge is -2.02. The molecule has 1 aromatic carbocycles. The maximum absolute atomic E-state index is 12.7. The number of rotatable bonds is 1. The summed E-state index contributed by atoms with van der Waals surface area (Å²) < 4.78 is 14.4. The molecule has 0 aromatic heterocycles. The van der Waals surface area contributed by atoms with Crippen LogP contribution in [0.3, 0.4) is 0 Å². The Morgan fingerprint density at radius 1 is 1.27 bits per heavy atom. The quantitative estimate of drug-likeness (QED) is 0.527. The molecule has 0 N–H and O–H groups in total. The van der Waals surface area contributed by atoms with Crippen LogP contribution in [0.2, 0.25) is 0 Å². The van der Waals surface area contributed by atoms with Crippen molar-refractivity contribution in [2.75, 3.05) is 0 Å². The molecule has 0 saturated carbocycles. The minimum absolute atomic E-state index is 0.227. The largest absolute Gasteiger partial charge is 0.207 e. The molecule has 11 heavy (non-hydrogen) atoms. The lowest BCUT2D eigenvalue weighted by Crippen LogP contribution is -1.84. The summed E-state index contributed by atoms with van der Waals surface area (Å²) in [6.45, 7) is 0. The highest BCUT2D eigenvalue weighted by Crippen LogP contribution is 2.29. The third-order valence-electron chi connectivity index (χ3n) is 1.21. The van der Waals surface area contributed by atoms with Crippen molar-refractivity contribution in [2.24, 2.45) is 0 Å². The molecule has 0 unspecified atom stereocenters. The van der Waals surface area contributed by atoms with Crippen LogP contribution in [-0.2, 0) is 5.33 Å². The Hall–Kier alpha value is 0.590. The molecule has 0 bridgehead atoms. The second-order valence-corrected chi connectivity index (χ2v) is 4.20. The minimum Gasteiger partial charge on any atom is -0.207 e. The summed E-state index contributed by atoms with van der Waals surface area (Å²) in [6.07, 6.45) is 0. The second kappa shape index (κ2) is 4.01. The average molecular weight is 347 g/mol. The van der Waals surface area contributed by atoms with Crippen LogP contribution in [0.15, 0.2) is 21.1 Å². The normalized spacial score (nSPS) is 10.2. The zero-order valence-corrected chi connectivity index (χ0v) is 10.1. The summed E-state index contributed by atoms with van der Waals surface area (Å²) in [7, 11) is 0. The van der Waals surface area contributed by atoms with E-state index in [9.17, 15) is 4.39 Å². The van der Waals surface area contributed by atoms with Crippen LogP contribution in [0.25, 0.3) is 0 Å². The van der Waals surface area contributed by atoms with E-state index in [0.717, 1.165) is 14.5 Å². The van der Waals surface area contributed by atoms with E-state index in [2.05, 4.69) is 47.8 Å². The standard InChI is InChI=1S/C7H4Br3F/c8-3-4-1-5(11)2-6(9)7(4)10/h1-2H,3H2. The zero-order valence-electron chi connectivity index (χ0n) is 5.37. The van der Waals surface area contributed by atoms with Gasteiger partial charge in [-0.25, -0.2) is 4.39 Å². The average Bonchev–Trinajstić information content (AvgIpc) is 1.96. The highest BCUT2D eigenvalue weighted by molar-refractivity contribution is 9.13. The first kappa shape index (κ1) is 9.68. The zero-order chi connectivity index (χ0) is 8.43. The summed E-state index contributed by atoms with van der Waals surface area (Å²) in [5.74, 6) is -0.227. The number of alkyl halides is 1. The molecule has 0 fully saturated rings. The maximum atomic E-state index is 12.7. The third kappa shape index (κ3) is 2.26. The highest BCUT2D eigenvalue weighted by Gasteiger charge is 2.04. The predicted molar refractivity (Wildman–Crippen MR) is 54.4 cm³/mol. The van der Waals surface area contributed by atoms with Gasteiger partial charge in [-0.3, -0.25) is 0 Å². The molecule has 0 heterocycles. The van der Waals surface area contributed by atoms with Gasteiger partial charge in [0.05, 0.1) is 0 Å². The maximum Gasteiger partial charge on any atom is 0.124 e. The predicted octanol–water partition coefficient (Wildman–Crippen LogP) is 4.25. The van der Waals surface area contributed by atoms with Crippen molar-refractivity contribution < 1.29 is 4.39 Å². The Balaban J connectivity index is 3.24. The third-order valence-corrected chi connectivity index (χ3v) is 3.91. The molecular weight excluding hydrogens is 343 g/mol. The van der Waals surface area contributed by atoms with Crippen LogP contribution >= 0.6 is 47.8 Å². The molecule has 0 aliphatic carbocycles. The second-order valence-electron chi connectivity index (χ2n) is 1.99. The van der Waals surface area contributed by atoms with Gasteiger partial charge in [-0.2, -0.15) is 0 Å². The van der Waals surface area contributed by atoms with Gasteiger partial charge in [0.2, 0.25) is 0 Å². The molecule has 4 heteroatoms. The smallest absolute Gasteiger partial charge is 0.124 e. The van der Waals surface area contributed by atoms with Crippen molar-refractivity contribution >= 4 is 47.8 Å². The molecular formula is C7H4Br3F. The Morgan fingerprint density at radius 3 is 2.45 bits per heavy atom. The first-order valence-electron chi connectivity index (χ1n) is 2.84. The molecule has 0 spiro atoms. The monoisotopic (exact) mass is 344 g/mol. The van der Waals surface area contributed by atoms with E-state index in [1.807, 2.05) is 0 Å². The van der Waals surface area contributed by atoms with E-state index >= 15 is 0 Å². The fraction of sp³-hybridized carbons (Fsp3) is 0.143. The summed E-state index contributed by atoms with van der Waals surface area (Å²) >= 11 is 9.82. The molecule has 0 radical (unpaired) electrons. The van der Waals surface area contributed by atoms with Gasteiger partial charge in [-0.15, -0.1) is 0 Å². The van der Waals surface area contributed by atoms with Gasteiger partial charge >= 0.3 is 0 Å². The Bertz CT molecular complexity index is 273. The Labute approximate surface area is 89.6 Å². The topological polar surface area (TPSA) is 0 Å². The van der Waals surface area contributed by atoms with E-state index in [1.165, 1.54) is 12.1 Å².